The molecule has 3 aliphatic rings. The number of amides is 1. The maximum Gasteiger partial charge on any atom is 0.387 e. The summed E-state index contributed by atoms with van der Waals surface area (Å²) < 4.78 is 57.1. The second-order valence-corrected chi connectivity index (χ2v) is 10.4. The van der Waals surface area contributed by atoms with Crippen LogP contribution in [0.4, 0.5) is 8.78 Å². The van der Waals surface area contributed by atoms with Gasteiger partial charge in [0.25, 0.3) is 0 Å². The minimum atomic E-state index is -3.63. The third-order valence-corrected chi connectivity index (χ3v) is 8.50. The van der Waals surface area contributed by atoms with Crippen molar-refractivity contribution in [1.29, 1.82) is 0 Å². The highest BCUT2D eigenvalue weighted by atomic mass is 32.2. The lowest BCUT2D eigenvalue weighted by molar-refractivity contribution is -0.137. The standard InChI is InChI=1S/C22H28F2N2O4S/c23-22(24)30-19-8-6-18-15-20(9-7-17(18)14-19)31(28,29)26-12-10-25(11-13-26)21(27)16-4-2-1-3-5-16/h6,8,14-16,22H,1-5,7,9-13H2. The number of ether oxygens (including phenoxy) is 1. The number of nitrogens with zero attached hydrogens (tertiary/aromatic N) is 2. The van der Waals surface area contributed by atoms with Gasteiger partial charge in [-0.25, -0.2) is 8.42 Å². The van der Waals surface area contributed by atoms with E-state index in [4.69, 9.17) is 0 Å². The Kier molecular flexibility index (Phi) is 6.62. The van der Waals surface area contributed by atoms with E-state index in [2.05, 4.69) is 4.74 Å². The fourth-order valence-electron chi connectivity index (χ4n) is 4.74. The van der Waals surface area contributed by atoms with Crippen LogP contribution < -0.4 is 4.74 Å². The molecular formula is C22H28F2N2O4S. The maximum atomic E-state index is 13.2. The molecule has 0 atom stereocenters. The lowest BCUT2D eigenvalue weighted by Crippen LogP contribution is -2.52. The molecule has 0 bridgehead atoms. The molecule has 31 heavy (non-hydrogen) atoms. The molecule has 1 aliphatic heterocycles. The third-order valence-electron chi connectivity index (χ3n) is 6.47. The van der Waals surface area contributed by atoms with Gasteiger partial charge in [-0.15, -0.1) is 0 Å². The zero-order valence-corrected chi connectivity index (χ0v) is 18.3. The van der Waals surface area contributed by atoms with Crippen LogP contribution in [0.3, 0.4) is 0 Å². The molecule has 1 aromatic rings. The molecule has 1 amide bonds. The molecule has 1 saturated heterocycles. The monoisotopic (exact) mass is 454 g/mol. The fourth-order valence-corrected chi connectivity index (χ4v) is 6.36. The summed E-state index contributed by atoms with van der Waals surface area (Å²) in [5, 5.41) is 0. The zero-order valence-electron chi connectivity index (χ0n) is 17.4. The van der Waals surface area contributed by atoms with E-state index in [0.717, 1.165) is 31.2 Å². The molecular weight excluding hydrogens is 426 g/mol. The normalized spacial score (nSPS) is 21.0. The quantitative estimate of drug-likeness (QED) is 0.682. The van der Waals surface area contributed by atoms with Gasteiger partial charge in [-0.05, 0) is 55.0 Å². The number of fused-ring (bicyclic) bond motifs is 1. The molecule has 170 valence electrons. The molecule has 2 aliphatic carbocycles. The Hall–Kier alpha value is -2.00. The van der Waals surface area contributed by atoms with Crippen LogP contribution in [0.15, 0.2) is 23.1 Å². The van der Waals surface area contributed by atoms with Gasteiger partial charge in [0.2, 0.25) is 15.9 Å². The van der Waals surface area contributed by atoms with Crippen molar-refractivity contribution < 1.29 is 26.7 Å². The van der Waals surface area contributed by atoms with Crippen LogP contribution in [-0.4, -0.2) is 56.3 Å². The molecule has 6 nitrogen and oxygen atoms in total. The molecule has 0 aromatic heterocycles. The number of hydrogen-bond donors (Lipinski definition) is 0. The molecule has 1 heterocycles. The van der Waals surface area contributed by atoms with E-state index < -0.39 is 16.6 Å². The predicted octanol–water partition coefficient (Wildman–Crippen LogP) is 3.63. The van der Waals surface area contributed by atoms with E-state index in [-0.39, 0.29) is 17.6 Å². The minimum Gasteiger partial charge on any atom is -0.435 e. The largest absolute Gasteiger partial charge is 0.435 e. The SMILES string of the molecule is O=C(C1CCCCC1)N1CCN(S(=O)(=O)C2=Cc3ccc(OC(F)F)cc3CC2)CC1. The first-order chi connectivity index (χ1) is 14.8. The lowest BCUT2D eigenvalue weighted by Gasteiger charge is -2.37. The first-order valence-corrected chi connectivity index (χ1v) is 12.4. The van der Waals surface area contributed by atoms with Crippen LogP contribution in [0.5, 0.6) is 5.75 Å². The molecule has 0 unspecified atom stereocenters. The molecule has 9 heteroatoms. The highest BCUT2D eigenvalue weighted by Crippen LogP contribution is 2.32. The molecule has 1 saturated carbocycles. The topological polar surface area (TPSA) is 66.9 Å². The number of alkyl halides is 2. The average molecular weight is 455 g/mol. The highest BCUT2D eigenvalue weighted by Gasteiger charge is 2.34. The van der Waals surface area contributed by atoms with E-state index in [9.17, 15) is 22.0 Å². The number of hydrogen-bond acceptors (Lipinski definition) is 4. The number of halogens is 2. The first-order valence-electron chi connectivity index (χ1n) is 10.9. The summed E-state index contributed by atoms with van der Waals surface area (Å²) in [6.45, 7) is -1.45. The van der Waals surface area contributed by atoms with Crippen LogP contribution in [0.2, 0.25) is 0 Å². The Morgan fingerprint density at radius 2 is 1.74 bits per heavy atom. The van der Waals surface area contributed by atoms with Crippen molar-refractivity contribution in [2.45, 2.75) is 51.6 Å². The van der Waals surface area contributed by atoms with Crippen molar-refractivity contribution in [3.05, 3.63) is 34.2 Å². The summed E-state index contributed by atoms with van der Waals surface area (Å²) >= 11 is 0. The van der Waals surface area contributed by atoms with Gasteiger partial charge in [0.1, 0.15) is 5.75 Å². The van der Waals surface area contributed by atoms with Gasteiger partial charge in [-0.3, -0.25) is 4.79 Å². The number of aryl methyl sites for hydroxylation is 1. The van der Waals surface area contributed by atoms with Gasteiger partial charge in [-0.2, -0.15) is 13.1 Å². The van der Waals surface area contributed by atoms with Crippen LogP contribution >= 0.6 is 0 Å². The molecule has 0 spiro atoms. The summed E-state index contributed by atoms with van der Waals surface area (Å²) in [5.41, 5.74) is 1.50. The Morgan fingerprint density at radius 1 is 1.03 bits per heavy atom. The van der Waals surface area contributed by atoms with Crippen LogP contribution in [0.1, 0.15) is 49.7 Å². The van der Waals surface area contributed by atoms with Crippen molar-refractivity contribution in [3.63, 3.8) is 0 Å². The molecule has 0 N–H and O–H groups in total. The average Bonchev–Trinajstić information content (AvgIpc) is 2.78. The Morgan fingerprint density at radius 3 is 2.42 bits per heavy atom. The van der Waals surface area contributed by atoms with E-state index in [0.29, 0.717) is 49.5 Å². The number of sulfonamides is 1. The maximum absolute atomic E-state index is 13.2. The Bertz CT molecular complexity index is 950. The first kappa shape index (κ1) is 22.2. The number of carbonyl (C=O) groups excluding carboxylic acids is 1. The minimum absolute atomic E-state index is 0.0761. The highest BCUT2D eigenvalue weighted by molar-refractivity contribution is 7.93. The number of benzene rings is 1. The number of allylic oxidation sites excluding steroid dienone is 1. The van der Waals surface area contributed by atoms with Crippen molar-refractivity contribution in [2.24, 2.45) is 5.92 Å². The number of carbonyl (C=O) groups is 1. The van der Waals surface area contributed by atoms with Gasteiger partial charge in [0, 0.05) is 32.1 Å². The van der Waals surface area contributed by atoms with Crippen molar-refractivity contribution in [1.82, 2.24) is 9.21 Å². The second-order valence-electron chi connectivity index (χ2n) is 8.41. The Labute approximate surface area is 181 Å². The van der Waals surface area contributed by atoms with Crippen molar-refractivity contribution >= 4 is 22.0 Å². The third kappa shape index (κ3) is 4.92. The van der Waals surface area contributed by atoms with Crippen molar-refractivity contribution in [2.75, 3.05) is 26.2 Å². The smallest absolute Gasteiger partial charge is 0.387 e. The molecule has 4 rings (SSSR count). The lowest BCUT2D eigenvalue weighted by atomic mass is 9.88. The predicted molar refractivity (Wildman–Crippen MR) is 113 cm³/mol. The second kappa shape index (κ2) is 9.24. The number of rotatable bonds is 5. The Balaban J connectivity index is 1.41. The summed E-state index contributed by atoms with van der Waals surface area (Å²) in [5.74, 6) is 0.338. The van der Waals surface area contributed by atoms with Crippen LogP contribution in [0.25, 0.3) is 6.08 Å². The van der Waals surface area contributed by atoms with E-state index in [1.54, 1.807) is 12.1 Å². The van der Waals surface area contributed by atoms with Gasteiger partial charge < -0.3 is 9.64 Å². The van der Waals surface area contributed by atoms with Gasteiger partial charge in [0.15, 0.2) is 0 Å². The summed E-state index contributed by atoms with van der Waals surface area (Å²) in [7, 11) is -3.63. The summed E-state index contributed by atoms with van der Waals surface area (Å²) in [4.78, 5) is 14.9. The van der Waals surface area contributed by atoms with Crippen LogP contribution in [0, 0.1) is 5.92 Å². The van der Waals surface area contributed by atoms with Crippen molar-refractivity contribution in [3.8, 4) is 5.75 Å². The summed E-state index contributed by atoms with van der Waals surface area (Å²) in [6, 6.07) is 4.58. The molecule has 0 radical (unpaired) electrons. The molecule has 1 aromatic carbocycles. The van der Waals surface area contributed by atoms with Gasteiger partial charge >= 0.3 is 6.61 Å². The number of piperazine rings is 1. The molecule has 2 fully saturated rings. The van der Waals surface area contributed by atoms with E-state index in [1.807, 2.05) is 4.90 Å². The van der Waals surface area contributed by atoms with Crippen LogP contribution in [-0.2, 0) is 21.2 Å². The van der Waals surface area contributed by atoms with Gasteiger partial charge in [0.05, 0.1) is 4.91 Å². The zero-order chi connectivity index (χ0) is 22.0. The fraction of sp³-hybridized carbons (Fsp3) is 0.591. The van der Waals surface area contributed by atoms with E-state index in [1.165, 1.54) is 22.9 Å². The van der Waals surface area contributed by atoms with E-state index >= 15 is 0 Å². The summed E-state index contributed by atoms with van der Waals surface area (Å²) in [6.07, 6.45) is 7.64. The van der Waals surface area contributed by atoms with Gasteiger partial charge in [-0.1, -0.05) is 25.3 Å².